The highest BCUT2D eigenvalue weighted by Gasteiger charge is 2.12. The van der Waals surface area contributed by atoms with E-state index in [1.165, 1.54) is 12.3 Å². The van der Waals surface area contributed by atoms with Crippen molar-refractivity contribution < 1.29 is 9.32 Å². The topological polar surface area (TPSA) is 73.0 Å². The zero-order valence-corrected chi connectivity index (χ0v) is 12.0. The van der Waals surface area contributed by atoms with Gasteiger partial charge in [-0.05, 0) is 25.1 Å². The Balaban J connectivity index is 1.92. The van der Waals surface area contributed by atoms with Crippen LogP contribution >= 0.6 is 0 Å². The van der Waals surface area contributed by atoms with Gasteiger partial charge in [-0.25, -0.2) is 4.98 Å². The molecule has 0 unspecified atom stereocenters. The third-order valence-electron chi connectivity index (χ3n) is 3.39. The largest absolute Gasteiger partial charge is 0.364 e. The van der Waals surface area contributed by atoms with Crippen LogP contribution in [0.3, 0.4) is 0 Å². The van der Waals surface area contributed by atoms with Crippen molar-refractivity contribution in [3.63, 3.8) is 0 Å². The smallest absolute Gasteiger partial charge is 0.277 e. The lowest BCUT2D eigenvalue weighted by Crippen LogP contribution is -2.12. The molecule has 6 nitrogen and oxygen atoms in total. The molecule has 6 heteroatoms. The number of hydrogen-bond acceptors (Lipinski definition) is 4. The van der Waals surface area contributed by atoms with Gasteiger partial charge < -0.3 is 14.4 Å². The number of carbonyl (C=O) groups is 1. The molecule has 0 atom stereocenters. The Morgan fingerprint density at radius 1 is 1.33 bits per heavy atom. The van der Waals surface area contributed by atoms with Crippen LogP contribution in [0.5, 0.6) is 0 Å². The van der Waals surface area contributed by atoms with Crippen LogP contribution in [0.15, 0.2) is 35.1 Å². The quantitative estimate of drug-likeness (QED) is 0.799. The number of benzene rings is 1. The number of aryl methyl sites for hydroxylation is 2. The van der Waals surface area contributed by atoms with Gasteiger partial charge >= 0.3 is 0 Å². The van der Waals surface area contributed by atoms with E-state index < -0.39 is 0 Å². The molecule has 21 heavy (non-hydrogen) atoms. The number of anilines is 1. The summed E-state index contributed by atoms with van der Waals surface area (Å²) < 4.78 is 6.84. The van der Waals surface area contributed by atoms with Gasteiger partial charge in [-0.3, -0.25) is 4.79 Å². The number of nitrogens with one attached hydrogen (secondary N) is 1. The molecule has 0 saturated heterocycles. The molecule has 108 valence electrons. The maximum atomic E-state index is 11.9. The van der Waals surface area contributed by atoms with Crippen LogP contribution < -0.4 is 5.32 Å². The first-order valence-corrected chi connectivity index (χ1v) is 6.93. The van der Waals surface area contributed by atoms with Crippen molar-refractivity contribution in [1.29, 1.82) is 0 Å². The van der Waals surface area contributed by atoms with E-state index in [9.17, 15) is 4.79 Å². The van der Waals surface area contributed by atoms with Gasteiger partial charge in [0.05, 0.1) is 11.0 Å². The highest BCUT2D eigenvalue weighted by atomic mass is 16.5. The summed E-state index contributed by atoms with van der Waals surface area (Å²) in [5.41, 5.74) is 2.91. The SMILES string of the molecule is CCc1nc2cc(NC(=O)c3ccon3)ccc2n1CC. The number of amides is 1. The summed E-state index contributed by atoms with van der Waals surface area (Å²) in [5.74, 6) is 0.751. The monoisotopic (exact) mass is 284 g/mol. The molecule has 3 rings (SSSR count). The number of fused-ring (bicyclic) bond motifs is 1. The maximum absolute atomic E-state index is 11.9. The van der Waals surface area contributed by atoms with E-state index in [0.29, 0.717) is 5.69 Å². The molecule has 0 radical (unpaired) electrons. The average molecular weight is 284 g/mol. The molecule has 0 spiro atoms. The average Bonchev–Trinajstić information content (AvgIpc) is 3.13. The number of rotatable bonds is 4. The van der Waals surface area contributed by atoms with Crippen molar-refractivity contribution >= 4 is 22.6 Å². The molecule has 3 aromatic rings. The van der Waals surface area contributed by atoms with E-state index >= 15 is 0 Å². The molecule has 1 amide bonds. The second-order valence-electron chi connectivity index (χ2n) is 4.67. The normalized spacial score (nSPS) is 11.0. The van der Waals surface area contributed by atoms with Gasteiger partial charge in [0.25, 0.3) is 5.91 Å². The first-order chi connectivity index (χ1) is 10.2. The predicted octanol–water partition coefficient (Wildman–Crippen LogP) is 2.86. The summed E-state index contributed by atoms with van der Waals surface area (Å²) in [6, 6.07) is 7.24. The Morgan fingerprint density at radius 2 is 2.19 bits per heavy atom. The van der Waals surface area contributed by atoms with Crippen molar-refractivity contribution in [3.05, 3.63) is 42.0 Å². The second-order valence-corrected chi connectivity index (χ2v) is 4.67. The Morgan fingerprint density at radius 3 is 2.86 bits per heavy atom. The first-order valence-electron chi connectivity index (χ1n) is 6.93. The number of imidazole rings is 1. The highest BCUT2D eigenvalue weighted by molar-refractivity contribution is 6.03. The third kappa shape index (κ3) is 2.40. The Labute approximate surface area is 121 Å². The molecule has 0 saturated carbocycles. The standard InChI is InChI=1S/C15H16N4O2/c1-3-14-17-12-9-10(5-6-13(12)19(14)4-2)16-15(20)11-7-8-21-18-11/h5-9H,3-4H2,1-2H3,(H,16,20). The molecule has 0 aliphatic rings. The van der Waals surface area contributed by atoms with Crippen molar-refractivity contribution in [2.75, 3.05) is 5.32 Å². The van der Waals surface area contributed by atoms with Crippen molar-refractivity contribution in [1.82, 2.24) is 14.7 Å². The van der Waals surface area contributed by atoms with Crippen molar-refractivity contribution in [3.8, 4) is 0 Å². The molecular weight excluding hydrogens is 268 g/mol. The summed E-state index contributed by atoms with van der Waals surface area (Å²) in [6.45, 7) is 5.06. The zero-order chi connectivity index (χ0) is 14.8. The summed E-state index contributed by atoms with van der Waals surface area (Å²) in [7, 11) is 0. The van der Waals surface area contributed by atoms with Crippen LogP contribution in [0.25, 0.3) is 11.0 Å². The number of nitrogens with zero attached hydrogens (tertiary/aromatic N) is 3. The van der Waals surface area contributed by atoms with Crippen LogP contribution in [-0.2, 0) is 13.0 Å². The van der Waals surface area contributed by atoms with E-state index in [0.717, 1.165) is 29.8 Å². The van der Waals surface area contributed by atoms with Crippen LogP contribution in [-0.4, -0.2) is 20.6 Å². The van der Waals surface area contributed by atoms with Gasteiger partial charge in [0, 0.05) is 24.7 Å². The molecule has 0 fully saturated rings. The van der Waals surface area contributed by atoms with Crippen LogP contribution in [0.2, 0.25) is 0 Å². The Hall–Kier alpha value is -2.63. The van der Waals surface area contributed by atoms with Crippen LogP contribution in [0.1, 0.15) is 30.2 Å². The summed E-state index contributed by atoms with van der Waals surface area (Å²) in [6.07, 6.45) is 2.25. The van der Waals surface area contributed by atoms with Crippen LogP contribution in [0.4, 0.5) is 5.69 Å². The summed E-state index contributed by atoms with van der Waals surface area (Å²) >= 11 is 0. The molecule has 0 aliphatic heterocycles. The number of aromatic nitrogens is 3. The highest BCUT2D eigenvalue weighted by Crippen LogP contribution is 2.21. The van der Waals surface area contributed by atoms with E-state index in [1.807, 2.05) is 18.2 Å². The van der Waals surface area contributed by atoms with E-state index in [4.69, 9.17) is 0 Å². The third-order valence-corrected chi connectivity index (χ3v) is 3.39. The summed E-state index contributed by atoms with van der Waals surface area (Å²) in [4.78, 5) is 16.5. The molecule has 1 aromatic carbocycles. The van der Waals surface area contributed by atoms with Crippen LogP contribution in [0, 0.1) is 0 Å². The number of carbonyl (C=O) groups excluding carboxylic acids is 1. The Bertz CT molecular complexity index is 774. The molecule has 2 aromatic heterocycles. The minimum Gasteiger partial charge on any atom is -0.364 e. The van der Waals surface area contributed by atoms with Crippen molar-refractivity contribution in [2.45, 2.75) is 26.8 Å². The lowest BCUT2D eigenvalue weighted by molar-refractivity contribution is 0.101. The minimum atomic E-state index is -0.297. The van der Waals surface area contributed by atoms with Gasteiger partial charge in [-0.15, -0.1) is 0 Å². The van der Waals surface area contributed by atoms with Crippen molar-refractivity contribution in [2.24, 2.45) is 0 Å². The molecule has 0 aliphatic carbocycles. The van der Waals surface area contributed by atoms with E-state index in [-0.39, 0.29) is 11.6 Å². The predicted molar refractivity (Wildman–Crippen MR) is 79.2 cm³/mol. The second kappa shape index (κ2) is 5.40. The molecular formula is C15H16N4O2. The van der Waals surface area contributed by atoms with Gasteiger partial charge in [-0.2, -0.15) is 0 Å². The fourth-order valence-corrected chi connectivity index (χ4v) is 2.40. The van der Waals surface area contributed by atoms with E-state index in [1.54, 1.807) is 0 Å². The molecule has 1 N–H and O–H groups in total. The fraction of sp³-hybridized carbons (Fsp3) is 0.267. The Kier molecular flexibility index (Phi) is 3.43. The minimum absolute atomic E-state index is 0.253. The van der Waals surface area contributed by atoms with E-state index in [2.05, 4.69) is 38.4 Å². The molecule has 0 bridgehead atoms. The van der Waals surface area contributed by atoms with Gasteiger partial charge in [0.1, 0.15) is 12.1 Å². The first kappa shape index (κ1) is 13.4. The number of hydrogen-bond donors (Lipinski definition) is 1. The lowest BCUT2D eigenvalue weighted by Gasteiger charge is -2.05. The van der Waals surface area contributed by atoms with Gasteiger partial charge in [0.2, 0.25) is 0 Å². The fourth-order valence-electron chi connectivity index (χ4n) is 2.40. The summed E-state index contributed by atoms with van der Waals surface area (Å²) in [5, 5.41) is 6.40. The van der Waals surface area contributed by atoms with Gasteiger partial charge in [0.15, 0.2) is 5.69 Å². The van der Waals surface area contributed by atoms with Gasteiger partial charge in [-0.1, -0.05) is 12.1 Å². The molecule has 2 heterocycles. The lowest BCUT2D eigenvalue weighted by atomic mass is 10.2. The maximum Gasteiger partial charge on any atom is 0.277 e. The zero-order valence-electron chi connectivity index (χ0n) is 12.0.